The Labute approximate surface area is 125 Å². The molecule has 21 heavy (non-hydrogen) atoms. The van der Waals surface area contributed by atoms with E-state index in [0.29, 0.717) is 0 Å². The van der Waals surface area contributed by atoms with Crippen molar-refractivity contribution in [3.8, 4) is 0 Å². The number of nitrogens with zero attached hydrogens (tertiary/aromatic N) is 4. The van der Waals surface area contributed by atoms with Gasteiger partial charge in [-0.15, -0.1) is 0 Å². The summed E-state index contributed by atoms with van der Waals surface area (Å²) in [5.41, 5.74) is 4.84. The van der Waals surface area contributed by atoms with Crippen molar-refractivity contribution in [3.63, 3.8) is 0 Å². The Hall–Kier alpha value is -2.36. The highest BCUT2D eigenvalue weighted by molar-refractivity contribution is 5.17. The first-order chi connectivity index (χ1) is 10.2. The number of hydrogen-bond donors (Lipinski definition) is 0. The van der Waals surface area contributed by atoms with Gasteiger partial charge in [0.25, 0.3) is 0 Å². The monoisotopic (exact) mass is 280 g/mol. The molecule has 0 bridgehead atoms. The lowest BCUT2D eigenvalue weighted by atomic mass is 10.3. The topological polar surface area (TPSA) is 32.3 Å². The van der Waals surface area contributed by atoms with Crippen molar-refractivity contribution >= 4 is 0 Å². The van der Waals surface area contributed by atoms with Crippen LogP contribution in [0, 0.1) is 0 Å². The molecular formula is C17H20N4. The summed E-state index contributed by atoms with van der Waals surface area (Å²) < 4.78 is 0. The summed E-state index contributed by atoms with van der Waals surface area (Å²) in [4.78, 5) is 13.6. The van der Waals surface area contributed by atoms with Gasteiger partial charge in [0.05, 0.1) is 31.1 Å². The van der Waals surface area contributed by atoms with Gasteiger partial charge in [0.1, 0.15) is 0 Å². The molecule has 108 valence electrons. The first kappa shape index (κ1) is 13.6. The van der Waals surface area contributed by atoms with Crippen LogP contribution in [0.2, 0.25) is 0 Å². The first-order valence-corrected chi connectivity index (χ1v) is 7.21. The quantitative estimate of drug-likeness (QED) is 0.862. The fraction of sp³-hybridized carbons (Fsp3) is 0.294. The highest BCUT2D eigenvalue weighted by atomic mass is 15.4. The maximum Gasteiger partial charge on any atom is 0.0906 e. The third-order valence-corrected chi connectivity index (χ3v) is 3.97. The van der Waals surface area contributed by atoms with Gasteiger partial charge in [0, 0.05) is 23.8 Å². The molecule has 0 fully saturated rings. The van der Waals surface area contributed by atoms with Crippen LogP contribution in [0.15, 0.2) is 60.2 Å². The lowest BCUT2D eigenvalue weighted by Gasteiger charge is -2.23. The zero-order valence-corrected chi connectivity index (χ0v) is 12.5. The van der Waals surface area contributed by atoms with Crippen LogP contribution in [0.25, 0.3) is 0 Å². The van der Waals surface area contributed by atoms with Gasteiger partial charge in [-0.2, -0.15) is 0 Å². The van der Waals surface area contributed by atoms with Crippen LogP contribution in [-0.4, -0.2) is 26.4 Å². The van der Waals surface area contributed by atoms with E-state index >= 15 is 0 Å². The van der Waals surface area contributed by atoms with E-state index in [4.69, 9.17) is 0 Å². The lowest BCUT2D eigenvalue weighted by Crippen LogP contribution is -2.27. The number of hydrogen-bond acceptors (Lipinski definition) is 4. The van der Waals surface area contributed by atoms with E-state index in [0.717, 1.165) is 31.1 Å². The van der Waals surface area contributed by atoms with Gasteiger partial charge < -0.3 is 9.80 Å². The number of pyridine rings is 2. The molecule has 2 aromatic heterocycles. The van der Waals surface area contributed by atoms with E-state index in [-0.39, 0.29) is 0 Å². The zero-order chi connectivity index (χ0) is 14.7. The molecular weight excluding hydrogens is 260 g/mol. The summed E-state index contributed by atoms with van der Waals surface area (Å²) in [5, 5.41) is 0. The summed E-state index contributed by atoms with van der Waals surface area (Å²) in [6, 6.07) is 12.1. The van der Waals surface area contributed by atoms with E-state index in [1.54, 1.807) is 0 Å². The van der Waals surface area contributed by atoms with E-state index in [1.807, 2.05) is 36.7 Å². The largest absolute Gasteiger partial charge is 0.350 e. The Morgan fingerprint density at radius 2 is 1.29 bits per heavy atom. The zero-order valence-electron chi connectivity index (χ0n) is 12.5. The molecule has 0 N–H and O–H groups in total. The molecule has 0 unspecified atom stereocenters. The summed E-state index contributed by atoms with van der Waals surface area (Å²) in [7, 11) is 0. The van der Waals surface area contributed by atoms with Gasteiger partial charge in [-0.1, -0.05) is 12.1 Å². The second-order valence-corrected chi connectivity index (χ2v) is 5.35. The van der Waals surface area contributed by atoms with Gasteiger partial charge in [0.15, 0.2) is 0 Å². The Kier molecular flexibility index (Phi) is 3.86. The number of allylic oxidation sites excluding steroid dienone is 2. The van der Waals surface area contributed by atoms with Crippen molar-refractivity contribution in [1.82, 2.24) is 19.8 Å². The molecule has 0 radical (unpaired) electrons. The summed E-state index contributed by atoms with van der Waals surface area (Å²) in [6.45, 7) is 6.95. The summed E-state index contributed by atoms with van der Waals surface area (Å²) in [6.07, 6.45) is 3.70. The minimum Gasteiger partial charge on any atom is -0.350 e. The van der Waals surface area contributed by atoms with Crippen LogP contribution in [0.4, 0.5) is 0 Å². The van der Waals surface area contributed by atoms with Crippen LogP contribution >= 0.6 is 0 Å². The van der Waals surface area contributed by atoms with Crippen molar-refractivity contribution in [2.24, 2.45) is 0 Å². The number of rotatable bonds is 4. The molecule has 0 atom stereocenters. The first-order valence-electron chi connectivity index (χ1n) is 7.21. The van der Waals surface area contributed by atoms with Crippen molar-refractivity contribution in [3.05, 3.63) is 71.6 Å². The van der Waals surface area contributed by atoms with Crippen molar-refractivity contribution in [2.45, 2.75) is 26.9 Å². The standard InChI is InChI=1S/C17H20N4/c1-14-15(2)21(12-17-8-4-6-10-19-17)13-20(14)11-16-7-3-5-9-18-16/h3-10H,11-13H2,1-2H3. The fourth-order valence-electron chi connectivity index (χ4n) is 2.59. The molecule has 2 aromatic rings. The van der Waals surface area contributed by atoms with Crippen LogP contribution in [0.1, 0.15) is 25.2 Å². The predicted octanol–water partition coefficient (Wildman–Crippen LogP) is 3.00. The molecule has 0 aliphatic carbocycles. The van der Waals surface area contributed by atoms with Crippen LogP contribution in [0.3, 0.4) is 0 Å². The normalized spacial score (nSPS) is 15.0. The smallest absolute Gasteiger partial charge is 0.0906 e. The molecule has 0 saturated carbocycles. The minimum absolute atomic E-state index is 0.850. The second kappa shape index (κ2) is 5.95. The van der Waals surface area contributed by atoms with Crippen molar-refractivity contribution in [1.29, 1.82) is 0 Å². The van der Waals surface area contributed by atoms with Gasteiger partial charge in [-0.25, -0.2) is 0 Å². The molecule has 0 spiro atoms. The average molecular weight is 280 g/mol. The fourth-order valence-corrected chi connectivity index (χ4v) is 2.59. The maximum atomic E-state index is 4.42. The maximum absolute atomic E-state index is 4.42. The van der Waals surface area contributed by atoms with Crippen LogP contribution < -0.4 is 0 Å². The molecule has 0 aromatic carbocycles. The van der Waals surface area contributed by atoms with E-state index in [9.17, 15) is 0 Å². The Balaban J connectivity index is 1.70. The highest BCUT2D eigenvalue weighted by Crippen LogP contribution is 2.25. The third kappa shape index (κ3) is 3.05. The van der Waals surface area contributed by atoms with Crippen molar-refractivity contribution in [2.75, 3.05) is 6.67 Å². The molecule has 0 amide bonds. The molecule has 1 aliphatic heterocycles. The van der Waals surface area contributed by atoms with E-state index < -0.39 is 0 Å². The molecule has 3 heterocycles. The molecule has 1 aliphatic rings. The SMILES string of the molecule is CC1=C(C)N(Cc2ccccn2)CN1Cc1ccccn1. The van der Waals surface area contributed by atoms with E-state index in [2.05, 4.69) is 45.7 Å². The van der Waals surface area contributed by atoms with E-state index in [1.165, 1.54) is 11.4 Å². The Morgan fingerprint density at radius 3 is 1.67 bits per heavy atom. The molecule has 4 nitrogen and oxygen atoms in total. The Morgan fingerprint density at radius 1 is 0.810 bits per heavy atom. The van der Waals surface area contributed by atoms with Crippen LogP contribution in [-0.2, 0) is 13.1 Å². The minimum atomic E-state index is 0.850. The number of aromatic nitrogens is 2. The predicted molar refractivity (Wildman–Crippen MR) is 82.8 cm³/mol. The molecule has 4 heteroatoms. The van der Waals surface area contributed by atoms with Gasteiger partial charge in [-0.3, -0.25) is 9.97 Å². The van der Waals surface area contributed by atoms with Crippen molar-refractivity contribution < 1.29 is 0 Å². The van der Waals surface area contributed by atoms with Gasteiger partial charge >= 0.3 is 0 Å². The second-order valence-electron chi connectivity index (χ2n) is 5.35. The lowest BCUT2D eigenvalue weighted by molar-refractivity contribution is 0.233. The highest BCUT2D eigenvalue weighted by Gasteiger charge is 2.23. The van der Waals surface area contributed by atoms with Gasteiger partial charge in [-0.05, 0) is 38.1 Å². The Bertz CT molecular complexity index is 566. The van der Waals surface area contributed by atoms with Crippen LogP contribution in [0.5, 0.6) is 0 Å². The summed E-state index contributed by atoms with van der Waals surface area (Å²) in [5.74, 6) is 0. The summed E-state index contributed by atoms with van der Waals surface area (Å²) >= 11 is 0. The van der Waals surface area contributed by atoms with Gasteiger partial charge in [0.2, 0.25) is 0 Å². The third-order valence-electron chi connectivity index (χ3n) is 3.97. The average Bonchev–Trinajstić information content (AvgIpc) is 2.78. The molecule has 3 rings (SSSR count). The molecule has 0 saturated heterocycles.